The van der Waals surface area contributed by atoms with Gasteiger partial charge in [-0.25, -0.2) is 14.2 Å². The van der Waals surface area contributed by atoms with Crippen LogP contribution in [0.15, 0.2) is 30.6 Å². The molecule has 5 rings (SSSR count). The molecular formula is C27H30ClFN6O7. The first-order valence-electron chi connectivity index (χ1n) is 13.4. The molecule has 2 aromatic heterocycles. The van der Waals surface area contributed by atoms with Gasteiger partial charge in [0.25, 0.3) is 0 Å². The molecule has 1 unspecified atom stereocenters. The van der Waals surface area contributed by atoms with Crippen LogP contribution >= 0.6 is 11.6 Å². The molecule has 2 aliphatic heterocycles. The molecule has 2 fully saturated rings. The Kier molecular flexibility index (Phi) is 8.42. The Morgan fingerprint density at radius 2 is 2.02 bits per heavy atom. The quantitative estimate of drug-likeness (QED) is 0.197. The number of aliphatic hydroxyl groups is 1. The van der Waals surface area contributed by atoms with Crippen LogP contribution < -0.4 is 10.6 Å². The van der Waals surface area contributed by atoms with Crippen LogP contribution in [-0.2, 0) is 35.0 Å². The number of ether oxygens (including phenoxy) is 3. The lowest BCUT2D eigenvalue weighted by Gasteiger charge is -2.31. The SMILES string of the molecule is CCOC(=O)C(Cc1ccc(N2CCCC2=O)cc1)(OC[C@H]1O[C@@H](n2cnc3c(N)nc(Cl)nc32)[C@@H](F)[C@@H]1O)C(C)=O. The lowest BCUT2D eigenvalue weighted by molar-refractivity contribution is -0.183. The van der Waals surface area contributed by atoms with Crippen LogP contribution in [0.25, 0.3) is 11.2 Å². The molecule has 2 saturated heterocycles. The van der Waals surface area contributed by atoms with Crippen molar-refractivity contribution < 1.29 is 38.1 Å². The smallest absolute Gasteiger partial charge is 0.346 e. The molecule has 3 N–H and O–H groups in total. The van der Waals surface area contributed by atoms with Crippen molar-refractivity contribution in [3.63, 3.8) is 0 Å². The number of benzene rings is 1. The van der Waals surface area contributed by atoms with Crippen molar-refractivity contribution in [2.45, 2.75) is 63.3 Å². The average Bonchev–Trinajstić information content (AvgIpc) is 3.65. The molecule has 1 aromatic carbocycles. The van der Waals surface area contributed by atoms with Gasteiger partial charge in [0.1, 0.15) is 17.7 Å². The molecule has 2 aliphatic rings. The zero-order chi connectivity index (χ0) is 30.2. The molecule has 15 heteroatoms. The maximum absolute atomic E-state index is 15.3. The van der Waals surface area contributed by atoms with Crippen LogP contribution in [-0.4, -0.2) is 86.0 Å². The summed E-state index contributed by atoms with van der Waals surface area (Å²) in [5, 5.41) is 10.5. The van der Waals surface area contributed by atoms with Crippen LogP contribution in [0.1, 0.15) is 38.5 Å². The molecular weight excluding hydrogens is 575 g/mol. The minimum Gasteiger partial charge on any atom is -0.463 e. The number of alkyl halides is 1. The van der Waals surface area contributed by atoms with E-state index in [1.54, 1.807) is 36.1 Å². The average molecular weight is 605 g/mol. The number of carbonyl (C=O) groups is 3. The number of nitrogen functional groups attached to an aromatic ring is 1. The summed E-state index contributed by atoms with van der Waals surface area (Å²) in [5.74, 6) is -1.57. The number of halogens is 2. The Bertz CT molecular complexity index is 1500. The first-order valence-corrected chi connectivity index (χ1v) is 13.8. The van der Waals surface area contributed by atoms with Gasteiger partial charge >= 0.3 is 5.97 Å². The molecule has 0 spiro atoms. The van der Waals surface area contributed by atoms with E-state index < -0.39 is 48.6 Å². The molecule has 0 saturated carbocycles. The summed E-state index contributed by atoms with van der Waals surface area (Å²) < 4.78 is 33.5. The second kappa shape index (κ2) is 11.9. The summed E-state index contributed by atoms with van der Waals surface area (Å²) in [6, 6.07) is 6.85. The van der Waals surface area contributed by atoms with E-state index in [9.17, 15) is 19.5 Å². The molecule has 0 radical (unpaired) electrons. The van der Waals surface area contributed by atoms with Gasteiger partial charge in [-0.3, -0.25) is 14.2 Å². The molecule has 3 aromatic rings. The number of hydrogen-bond acceptors (Lipinski definition) is 11. The third-order valence-corrected chi connectivity index (χ3v) is 7.60. The number of esters is 1. The number of imidazole rings is 1. The standard InChI is InChI=1S/C27H30ClFN6O7/c1-3-40-25(39)27(14(2)36,11-15-6-8-16(9-7-15)34-10-4-5-18(34)37)41-12-17-21(38)19(29)24(42-17)35-13-31-20-22(30)32-26(28)33-23(20)35/h6-9,13,17,19,21,24,38H,3-5,10-12H2,1-2H3,(H2,30,32,33)/t17-,19+,21-,24-,27?/m1/s1. The number of anilines is 2. The van der Waals surface area contributed by atoms with Crippen LogP contribution in [0.3, 0.4) is 0 Å². The Labute approximate surface area is 244 Å². The Hall–Kier alpha value is -3.72. The van der Waals surface area contributed by atoms with E-state index in [0.717, 1.165) is 6.42 Å². The summed E-state index contributed by atoms with van der Waals surface area (Å²) in [6.45, 7) is 2.84. The topological polar surface area (TPSA) is 172 Å². The van der Waals surface area contributed by atoms with Gasteiger partial charge in [0.2, 0.25) is 16.8 Å². The van der Waals surface area contributed by atoms with E-state index in [0.29, 0.717) is 24.2 Å². The fourth-order valence-electron chi connectivity index (χ4n) is 5.19. The third kappa shape index (κ3) is 5.42. The van der Waals surface area contributed by atoms with E-state index in [4.69, 9.17) is 31.5 Å². The minimum absolute atomic E-state index is 0.0154. The number of hydrogen-bond donors (Lipinski definition) is 2. The van der Waals surface area contributed by atoms with Gasteiger partial charge in [-0.05, 0) is 49.6 Å². The third-order valence-electron chi connectivity index (χ3n) is 7.43. The van der Waals surface area contributed by atoms with Gasteiger partial charge in [-0.15, -0.1) is 0 Å². The van der Waals surface area contributed by atoms with Gasteiger partial charge in [-0.2, -0.15) is 9.97 Å². The molecule has 0 aliphatic carbocycles. The number of carbonyl (C=O) groups excluding carboxylic acids is 3. The number of nitrogens with two attached hydrogens (primary N) is 1. The van der Waals surface area contributed by atoms with Gasteiger partial charge in [0.15, 0.2) is 29.6 Å². The van der Waals surface area contributed by atoms with E-state index in [-0.39, 0.29) is 41.2 Å². The van der Waals surface area contributed by atoms with Crippen molar-refractivity contribution in [3.8, 4) is 0 Å². The maximum Gasteiger partial charge on any atom is 0.346 e. The monoisotopic (exact) mass is 604 g/mol. The van der Waals surface area contributed by atoms with E-state index in [1.165, 1.54) is 17.8 Å². The van der Waals surface area contributed by atoms with Crippen LogP contribution in [0.2, 0.25) is 5.28 Å². The lowest BCUT2D eigenvalue weighted by atomic mass is 9.90. The van der Waals surface area contributed by atoms with Crippen molar-refractivity contribution in [1.29, 1.82) is 0 Å². The lowest BCUT2D eigenvalue weighted by Crippen LogP contribution is -2.52. The predicted molar refractivity (Wildman–Crippen MR) is 147 cm³/mol. The Morgan fingerprint density at radius 3 is 2.67 bits per heavy atom. The largest absolute Gasteiger partial charge is 0.463 e. The number of ketones is 1. The molecule has 5 atom stereocenters. The van der Waals surface area contributed by atoms with Crippen LogP contribution in [0.5, 0.6) is 0 Å². The fourth-order valence-corrected chi connectivity index (χ4v) is 5.36. The molecule has 1 amide bonds. The summed E-state index contributed by atoms with van der Waals surface area (Å²) in [4.78, 5) is 51.9. The normalized spacial score (nSPS) is 23.8. The Morgan fingerprint density at radius 1 is 1.29 bits per heavy atom. The van der Waals surface area contributed by atoms with Crippen molar-refractivity contribution in [2.75, 3.05) is 30.4 Å². The molecule has 0 bridgehead atoms. The number of amides is 1. The molecule has 4 heterocycles. The van der Waals surface area contributed by atoms with Gasteiger partial charge in [-0.1, -0.05) is 12.1 Å². The first kappa shape index (κ1) is 29.8. The predicted octanol–water partition coefficient (Wildman–Crippen LogP) is 1.94. The number of aliphatic hydroxyl groups excluding tert-OH is 1. The summed E-state index contributed by atoms with van der Waals surface area (Å²) >= 11 is 5.91. The zero-order valence-corrected chi connectivity index (χ0v) is 23.7. The van der Waals surface area contributed by atoms with Crippen molar-refractivity contribution in [2.24, 2.45) is 0 Å². The van der Waals surface area contributed by atoms with Crippen molar-refractivity contribution in [3.05, 3.63) is 41.4 Å². The van der Waals surface area contributed by atoms with E-state index in [1.807, 2.05) is 0 Å². The molecule has 13 nitrogen and oxygen atoms in total. The highest BCUT2D eigenvalue weighted by atomic mass is 35.5. The zero-order valence-electron chi connectivity index (χ0n) is 22.9. The number of rotatable bonds is 10. The fraction of sp³-hybridized carbons (Fsp3) is 0.481. The second-order valence-electron chi connectivity index (χ2n) is 10.1. The summed E-state index contributed by atoms with van der Waals surface area (Å²) in [7, 11) is 0. The Balaban J connectivity index is 1.37. The number of fused-ring (bicyclic) bond motifs is 1. The van der Waals surface area contributed by atoms with Gasteiger partial charge < -0.3 is 30.0 Å². The molecule has 224 valence electrons. The summed E-state index contributed by atoms with van der Waals surface area (Å²) in [5.41, 5.74) is 5.25. The van der Waals surface area contributed by atoms with E-state index in [2.05, 4.69) is 15.0 Å². The number of aromatic nitrogens is 4. The van der Waals surface area contributed by atoms with Gasteiger partial charge in [0.05, 0.1) is 19.5 Å². The van der Waals surface area contributed by atoms with Crippen LogP contribution in [0, 0.1) is 0 Å². The minimum atomic E-state index is -2.11. The highest BCUT2D eigenvalue weighted by molar-refractivity contribution is 6.28. The molecule has 42 heavy (non-hydrogen) atoms. The highest BCUT2D eigenvalue weighted by Crippen LogP contribution is 2.36. The maximum atomic E-state index is 15.3. The van der Waals surface area contributed by atoms with E-state index >= 15 is 4.39 Å². The second-order valence-corrected chi connectivity index (χ2v) is 10.4. The van der Waals surface area contributed by atoms with Gasteiger partial charge in [0, 0.05) is 25.1 Å². The first-order chi connectivity index (χ1) is 20.1. The van der Waals surface area contributed by atoms with Crippen molar-refractivity contribution >= 4 is 51.9 Å². The number of Topliss-reactive ketones (excluding diaryl/α,β-unsaturated/α-hetero) is 1. The number of nitrogens with zero attached hydrogens (tertiary/aromatic N) is 5. The van der Waals surface area contributed by atoms with Crippen molar-refractivity contribution in [1.82, 2.24) is 19.5 Å². The van der Waals surface area contributed by atoms with Crippen LogP contribution in [0.4, 0.5) is 15.9 Å². The highest BCUT2D eigenvalue weighted by Gasteiger charge is 2.51. The summed E-state index contributed by atoms with van der Waals surface area (Å²) in [6.07, 6.45) is -4.04.